The third-order valence-electron chi connectivity index (χ3n) is 3.79. The zero-order valence-electron chi connectivity index (χ0n) is 12.7. The van der Waals surface area contributed by atoms with Gasteiger partial charge >= 0.3 is 5.69 Å². The van der Waals surface area contributed by atoms with E-state index in [2.05, 4.69) is 15.9 Å². The lowest BCUT2D eigenvalue weighted by molar-refractivity contribution is 0.294. The summed E-state index contributed by atoms with van der Waals surface area (Å²) in [6.45, 7) is 0.157. The minimum absolute atomic E-state index is 0.157. The third kappa shape index (κ3) is 3.07. The molecule has 0 aliphatic rings. The Morgan fingerprint density at radius 1 is 0.957 bits per heavy atom. The van der Waals surface area contributed by atoms with Crippen molar-refractivity contribution in [2.24, 2.45) is 14.1 Å². The summed E-state index contributed by atoms with van der Waals surface area (Å²) in [5, 5.41) is 2.16. The quantitative estimate of drug-likeness (QED) is 0.707. The number of rotatable bonds is 3. The fourth-order valence-electron chi connectivity index (χ4n) is 2.36. The van der Waals surface area contributed by atoms with Gasteiger partial charge in [-0.2, -0.15) is 0 Å². The van der Waals surface area contributed by atoms with Crippen LogP contribution in [-0.4, -0.2) is 9.13 Å². The molecule has 1 heterocycles. The molecule has 2 aromatic carbocycles. The molecule has 1 aromatic heterocycles. The van der Waals surface area contributed by atoms with Gasteiger partial charge in [-0.15, -0.1) is 0 Å². The molecule has 0 saturated carbocycles. The minimum Gasteiger partial charge on any atom is -0.487 e. The van der Waals surface area contributed by atoms with Crippen molar-refractivity contribution in [3.8, 4) is 5.75 Å². The molecular formula is C17H15BrN2O3. The maximum absolute atomic E-state index is 11.9. The Balaban J connectivity index is 1.88. The maximum atomic E-state index is 11.9. The van der Waals surface area contributed by atoms with E-state index >= 15 is 0 Å². The normalized spacial score (nSPS) is 10.9. The topological polar surface area (TPSA) is 53.2 Å². The van der Waals surface area contributed by atoms with E-state index in [1.165, 1.54) is 17.7 Å². The van der Waals surface area contributed by atoms with E-state index in [4.69, 9.17) is 4.74 Å². The fraction of sp³-hybridized carbons (Fsp3) is 0.176. The van der Waals surface area contributed by atoms with Crippen molar-refractivity contribution in [2.75, 3.05) is 0 Å². The second-order valence-electron chi connectivity index (χ2n) is 5.32. The Kier molecular flexibility index (Phi) is 4.09. The molecule has 0 bridgehead atoms. The summed E-state index contributed by atoms with van der Waals surface area (Å²) >= 11 is 3.44. The highest BCUT2D eigenvalue weighted by Crippen LogP contribution is 2.24. The summed E-state index contributed by atoms with van der Waals surface area (Å²) in [6, 6.07) is 13.2. The molecule has 3 rings (SSSR count). The SMILES string of the molecule is Cn1c(COc2ccc3cc(Br)ccc3c2)cc(=O)n(C)c1=O. The fourth-order valence-corrected chi connectivity index (χ4v) is 2.74. The molecule has 0 aliphatic carbocycles. The van der Waals surface area contributed by atoms with E-state index in [0.717, 1.165) is 19.8 Å². The first-order valence-electron chi connectivity index (χ1n) is 7.04. The van der Waals surface area contributed by atoms with Crippen molar-refractivity contribution in [2.45, 2.75) is 6.61 Å². The van der Waals surface area contributed by atoms with Crippen LogP contribution in [0.2, 0.25) is 0 Å². The molecule has 5 nitrogen and oxygen atoms in total. The van der Waals surface area contributed by atoms with Gasteiger partial charge in [0.05, 0.1) is 5.69 Å². The van der Waals surface area contributed by atoms with Crippen LogP contribution in [0.5, 0.6) is 5.75 Å². The number of aromatic nitrogens is 2. The van der Waals surface area contributed by atoms with Gasteiger partial charge in [0.15, 0.2) is 0 Å². The molecule has 6 heteroatoms. The zero-order valence-corrected chi connectivity index (χ0v) is 14.3. The van der Waals surface area contributed by atoms with Crippen molar-refractivity contribution in [3.63, 3.8) is 0 Å². The first kappa shape index (κ1) is 15.6. The van der Waals surface area contributed by atoms with Crippen LogP contribution in [0.25, 0.3) is 10.8 Å². The highest BCUT2D eigenvalue weighted by atomic mass is 79.9. The highest BCUT2D eigenvalue weighted by Gasteiger charge is 2.07. The Labute approximate surface area is 140 Å². The number of halogens is 1. The zero-order chi connectivity index (χ0) is 16.6. The first-order valence-corrected chi connectivity index (χ1v) is 7.83. The first-order chi connectivity index (χ1) is 11.0. The lowest BCUT2D eigenvalue weighted by Gasteiger charge is -2.11. The van der Waals surface area contributed by atoms with E-state index in [9.17, 15) is 9.59 Å². The van der Waals surface area contributed by atoms with Gasteiger partial charge in [-0.3, -0.25) is 13.9 Å². The summed E-state index contributed by atoms with van der Waals surface area (Å²) < 4.78 is 9.25. The summed E-state index contributed by atoms with van der Waals surface area (Å²) in [6.07, 6.45) is 0. The molecule has 0 N–H and O–H groups in total. The van der Waals surface area contributed by atoms with Gasteiger partial charge in [0.2, 0.25) is 0 Å². The predicted octanol–water partition coefficient (Wildman–Crippen LogP) is 2.58. The predicted molar refractivity (Wildman–Crippen MR) is 92.9 cm³/mol. The molecule has 0 atom stereocenters. The second kappa shape index (κ2) is 6.04. The minimum atomic E-state index is -0.362. The molecule has 0 amide bonds. The van der Waals surface area contributed by atoms with Crippen LogP contribution >= 0.6 is 15.9 Å². The molecule has 0 saturated heterocycles. The number of benzene rings is 2. The summed E-state index contributed by atoms with van der Waals surface area (Å²) in [7, 11) is 3.08. The van der Waals surface area contributed by atoms with Crippen molar-refractivity contribution in [1.29, 1.82) is 0 Å². The largest absolute Gasteiger partial charge is 0.487 e. The van der Waals surface area contributed by atoms with Crippen LogP contribution < -0.4 is 16.0 Å². The molecule has 23 heavy (non-hydrogen) atoms. The number of nitrogens with zero attached hydrogens (tertiary/aromatic N) is 2. The summed E-state index contributed by atoms with van der Waals surface area (Å²) in [4.78, 5) is 23.6. The van der Waals surface area contributed by atoms with Crippen LogP contribution in [0.15, 0.2) is 56.5 Å². The monoisotopic (exact) mass is 374 g/mol. The van der Waals surface area contributed by atoms with Crippen LogP contribution in [0.4, 0.5) is 0 Å². The standard InChI is InChI=1S/C17H15BrN2O3/c1-19-14(9-16(21)20(2)17(19)22)10-23-15-6-4-11-7-13(18)5-3-12(11)8-15/h3-9H,10H2,1-2H3. The molecule has 3 aromatic rings. The van der Waals surface area contributed by atoms with Crippen molar-refractivity contribution < 1.29 is 4.74 Å². The van der Waals surface area contributed by atoms with Gasteiger partial charge in [-0.25, -0.2) is 4.79 Å². The molecule has 0 spiro atoms. The molecule has 118 valence electrons. The van der Waals surface area contributed by atoms with Crippen molar-refractivity contribution in [3.05, 3.63) is 73.5 Å². The highest BCUT2D eigenvalue weighted by molar-refractivity contribution is 9.10. The average Bonchev–Trinajstić information content (AvgIpc) is 2.55. The van der Waals surface area contributed by atoms with Crippen LogP contribution in [-0.2, 0) is 20.7 Å². The average molecular weight is 375 g/mol. The van der Waals surface area contributed by atoms with Crippen LogP contribution in [0.3, 0.4) is 0 Å². The molecule has 0 radical (unpaired) electrons. The van der Waals surface area contributed by atoms with E-state index in [-0.39, 0.29) is 17.9 Å². The second-order valence-corrected chi connectivity index (χ2v) is 6.23. The molecule has 0 fully saturated rings. The third-order valence-corrected chi connectivity index (χ3v) is 4.28. The Morgan fingerprint density at radius 2 is 1.65 bits per heavy atom. The lowest BCUT2D eigenvalue weighted by atomic mass is 10.1. The number of ether oxygens (including phenoxy) is 1. The van der Waals surface area contributed by atoms with Gasteiger partial charge in [-0.05, 0) is 35.0 Å². The van der Waals surface area contributed by atoms with Crippen LogP contribution in [0.1, 0.15) is 5.69 Å². The van der Waals surface area contributed by atoms with E-state index in [1.807, 2.05) is 36.4 Å². The number of hydrogen-bond donors (Lipinski definition) is 0. The van der Waals surface area contributed by atoms with Crippen molar-refractivity contribution in [1.82, 2.24) is 9.13 Å². The Morgan fingerprint density at radius 3 is 2.43 bits per heavy atom. The smallest absolute Gasteiger partial charge is 0.330 e. The van der Waals surface area contributed by atoms with Crippen LogP contribution in [0, 0.1) is 0 Å². The summed E-state index contributed by atoms with van der Waals surface area (Å²) in [5.41, 5.74) is -0.163. The molecule has 0 unspecified atom stereocenters. The summed E-state index contributed by atoms with van der Waals surface area (Å²) in [5.74, 6) is 0.688. The van der Waals surface area contributed by atoms with Gasteiger partial charge < -0.3 is 4.74 Å². The van der Waals surface area contributed by atoms with E-state index in [1.54, 1.807) is 7.05 Å². The lowest BCUT2D eigenvalue weighted by Crippen LogP contribution is -2.38. The number of hydrogen-bond acceptors (Lipinski definition) is 3. The van der Waals surface area contributed by atoms with Gasteiger partial charge in [-0.1, -0.05) is 28.1 Å². The Bertz CT molecular complexity index is 1000. The molecule has 0 aliphatic heterocycles. The van der Waals surface area contributed by atoms with Gasteiger partial charge in [0.25, 0.3) is 5.56 Å². The maximum Gasteiger partial charge on any atom is 0.330 e. The number of fused-ring (bicyclic) bond motifs is 1. The van der Waals surface area contributed by atoms with Crippen molar-refractivity contribution >= 4 is 26.7 Å². The van der Waals surface area contributed by atoms with Gasteiger partial charge in [0.1, 0.15) is 12.4 Å². The Hall–Kier alpha value is -2.34. The van der Waals surface area contributed by atoms with Gasteiger partial charge in [0, 0.05) is 24.6 Å². The molecular weight excluding hydrogens is 360 g/mol. The van der Waals surface area contributed by atoms with E-state index in [0.29, 0.717) is 11.4 Å². The van der Waals surface area contributed by atoms with E-state index < -0.39 is 0 Å².